The maximum atomic E-state index is 11.9. The van der Waals surface area contributed by atoms with Crippen molar-refractivity contribution in [1.82, 2.24) is 5.32 Å². The van der Waals surface area contributed by atoms with Gasteiger partial charge in [-0.25, -0.2) is 4.79 Å². The van der Waals surface area contributed by atoms with E-state index in [1.54, 1.807) is 37.3 Å². The number of para-hydroxylation sites is 1. The Labute approximate surface area is 118 Å². The van der Waals surface area contributed by atoms with Gasteiger partial charge in [-0.05, 0) is 25.5 Å². The topological polar surface area (TPSA) is 64.6 Å². The summed E-state index contributed by atoms with van der Waals surface area (Å²) in [7, 11) is 1.52. The van der Waals surface area contributed by atoms with E-state index >= 15 is 0 Å². The largest absolute Gasteiger partial charge is 0.424 e. The first kappa shape index (κ1) is 15.9. The van der Waals surface area contributed by atoms with Crippen molar-refractivity contribution < 1.29 is 19.1 Å². The Morgan fingerprint density at radius 2 is 2.10 bits per heavy atom. The molecule has 5 heteroatoms. The molecule has 1 rings (SSSR count). The van der Waals surface area contributed by atoms with Gasteiger partial charge < -0.3 is 14.8 Å². The fraction of sp³-hybridized carbons (Fsp3) is 0.333. The highest BCUT2D eigenvalue weighted by Crippen LogP contribution is 2.18. The summed E-state index contributed by atoms with van der Waals surface area (Å²) in [5, 5.41) is 2.49. The van der Waals surface area contributed by atoms with E-state index in [0.29, 0.717) is 18.6 Å². The number of carbonyl (C=O) groups excluding carboxylic acids is 2. The second-order valence-corrected chi connectivity index (χ2v) is 4.09. The van der Waals surface area contributed by atoms with Gasteiger partial charge in [-0.3, -0.25) is 4.79 Å². The van der Waals surface area contributed by atoms with Crippen molar-refractivity contribution in [1.29, 1.82) is 0 Å². The molecule has 5 nitrogen and oxygen atoms in total. The van der Waals surface area contributed by atoms with Crippen LogP contribution in [0.3, 0.4) is 0 Å². The molecule has 20 heavy (non-hydrogen) atoms. The fourth-order valence-corrected chi connectivity index (χ4v) is 1.47. The molecule has 0 aliphatic rings. The second kappa shape index (κ2) is 8.12. The molecule has 0 heterocycles. The first-order chi connectivity index (χ1) is 9.60. The molecule has 1 atom stereocenters. The van der Waals surface area contributed by atoms with Crippen LogP contribution in [0.4, 0.5) is 0 Å². The number of esters is 1. The molecule has 0 aromatic heterocycles. The third-order valence-electron chi connectivity index (χ3n) is 2.59. The van der Waals surface area contributed by atoms with Crippen LogP contribution in [0, 0.1) is 0 Å². The van der Waals surface area contributed by atoms with Gasteiger partial charge in [0.1, 0.15) is 5.75 Å². The lowest BCUT2D eigenvalue weighted by Gasteiger charge is -2.13. The van der Waals surface area contributed by atoms with Crippen molar-refractivity contribution in [3.63, 3.8) is 0 Å². The zero-order chi connectivity index (χ0) is 15.0. The number of amides is 1. The lowest BCUT2D eigenvalue weighted by molar-refractivity contribution is -0.146. The van der Waals surface area contributed by atoms with Crippen LogP contribution in [-0.2, 0) is 9.53 Å². The molecule has 0 saturated heterocycles. The Morgan fingerprint density at radius 1 is 1.40 bits per heavy atom. The van der Waals surface area contributed by atoms with Crippen LogP contribution >= 0.6 is 0 Å². The molecule has 1 unspecified atom stereocenters. The lowest BCUT2D eigenvalue weighted by atomic mass is 10.2. The Morgan fingerprint density at radius 3 is 2.75 bits per heavy atom. The highest BCUT2D eigenvalue weighted by molar-refractivity contribution is 5.97. The van der Waals surface area contributed by atoms with Gasteiger partial charge in [0.05, 0.1) is 12.2 Å². The summed E-state index contributed by atoms with van der Waals surface area (Å²) in [6.07, 6.45) is 1.67. The highest BCUT2D eigenvalue weighted by Gasteiger charge is 2.19. The standard InChI is InChI=1S/C15H19NO4/c1-4-5-10-19-11(2)15(18)20-13-9-7-6-8-12(13)14(17)16-3/h4,6-9,11H,1,5,10H2,2-3H3,(H,16,17). The lowest BCUT2D eigenvalue weighted by Crippen LogP contribution is -2.27. The molecular weight excluding hydrogens is 258 g/mol. The van der Waals surface area contributed by atoms with E-state index in [1.165, 1.54) is 7.05 Å². The molecule has 1 aromatic rings. The summed E-state index contributed by atoms with van der Waals surface area (Å²) in [6.45, 7) is 5.57. The maximum absolute atomic E-state index is 11.9. The molecule has 0 aliphatic heterocycles. The van der Waals surface area contributed by atoms with Crippen molar-refractivity contribution in [2.75, 3.05) is 13.7 Å². The van der Waals surface area contributed by atoms with Crippen LogP contribution in [-0.4, -0.2) is 31.6 Å². The van der Waals surface area contributed by atoms with Gasteiger partial charge in [0.2, 0.25) is 0 Å². The minimum atomic E-state index is -0.701. The fourth-order valence-electron chi connectivity index (χ4n) is 1.47. The normalized spacial score (nSPS) is 11.5. The summed E-state index contributed by atoms with van der Waals surface area (Å²) < 4.78 is 10.5. The van der Waals surface area contributed by atoms with E-state index in [9.17, 15) is 9.59 Å². The Balaban J connectivity index is 2.70. The smallest absolute Gasteiger partial charge is 0.340 e. The van der Waals surface area contributed by atoms with Gasteiger partial charge in [-0.1, -0.05) is 18.2 Å². The van der Waals surface area contributed by atoms with Gasteiger partial charge in [0.15, 0.2) is 6.10 Å². The Bertz CT molecular complexity index is 485. The number of nitrogens with one attached hydrogen (secondary N) is 1. The highest BCUT2D eigenvalue weighted by atomic mass is 16.6. The van der Waals surface area contributed by atoms with Crippen LogP contribution < -0.4 is 10.1 Å². The summed E-state index contributed by atoms with van der Waals surface area (Å²) in [4.78, 5) is 23.5. The molecular formula is C15H19NO4. The molecule has 0 saturated carbocycles. The van der Waals surface area contributed by atoms with Crippen molar-refractivity contribution >= 4 is 11.9 Å². The molecule has 0 fully saturated rings. The third kappa shape index (κ3) is 4.51. The molecule has 1 N–H and O–H groups in total. The van der Waals surface area contributed by atoms with Gasteiger partial charge >= 0.3 is 5.97 Å². The van der Waals surface area contributed by atoms with E-state index < -0.39 is 12.1 Å². The first-order valence-electron chi connectivity index (χ1n) is 6.35. The number of hydrogen-bond acceptors (Lipinski definition) is 4. The van der Waals surface area contributed by atoms with Crippen LogP contribution in [0.1, 0.15) is 23.7 Å². The maximum Gasteiger partial charge on any atom is 0.340 e. The van der Waals surface area contributed by atoms with Gasteiger partial charge in [-0.2, -0.15) is 0 Å². The average Bonchev–Trinajstić information content (AvgIpc) is 2.47. The number of ether oxygens (including phenoxy) is 2. The molecule has 0 aliphatic carbocycles. The minimum absolute atomic E-state index is 0.219. The van der Waals surface area contributed by atoms with Crippen LogP contribution in [0.2, 0.25) is 0 Å². The third-order valence-corrected chi connectivity index (χ3v) is 2.59. The van der Waals surface area contributed by atoms with Crippen molar-refractivity contribution in [2.24, 2.45) is 0 Å². The van der Waals surface area contributed by atoms with Crippen molar-refractivity contribution in [3.05, 3.63) is 42.5 Å². The van der Waals surface area contributed by atoms with Gasteiger partial charge in [0, 0.05) is 7.05 Å². The van der Waals surface area contributed by atoms with Crippen molar-refractivity contribution in [2.45, 2.75) is 19.4 Å². The SMILES string of the molecule is C=CCCOC(C)C(=O)Oc1ccccc1C(=O)NC. The number of carbonyl (C=O) groups is 2. The summed E-state index contributed by atoms with van der Waals surface area (Å²) in [5.74, 6) is -0.630. The Kier molecular flexibility index (Phi) is 6.46. The zero-order valence-electron chi connectivity index (χ0n) is 11.7. The molecule has 108 valence electrons. The predicted octanol–water partition coefficient (Wildman–Crippen LogP) is 1.93. The second-order valence-electron chi connectivity index (χ2n) is 4.09. The average molecular weight is 277 g/mol. The Hall–Kier alpha value is -2.14. The van der Waals surface area contributed by atoms with Crippen LogP contribution in [0.5, 0.6) is 5.75 Å². The van der Waals surface area contributed by atoms with E-state index in [1.807, 2.05) is 0 Å². The number of rotatable bonds is 7. The van der Waals surface area contributed by atoms with E-state index in [2.05, 4.69) is 11.9 Å². The molecule has 0 bridgehead atoms. The summed E-state index contributed by atoms with van der Waals surface area (Å²) in [6, 6.07) is 6.55. The predicted molar refractivity (Wildman–Crippen MR) is 75.7 cm³/mol. The molecule has 0 spiro atoms. The molecule has 0 radical (unpaired) electrons. The monoisotopic (exact) mass is 277 g/mol. The minimum Gasteiger partial charge on any atom is -0.424 e. The van der Waals surface area contributed by atoms with E-state index in [-0.39, 0.29) is 11.7 Å². The molecule has 1 aromatic carbocycles. The quantitative estimate of drug-likeness (QED) is 0.358. The van der Waals surface area contributed by atoms with Crippen LogP contribution in [0.25, 0.3) is 0 Å². The van der Waals surface area contributed by atoms with Gasteiger partial charge in [-0.15, -0.1) is 6.58 Å². The van der Waals surface area contributed by atoms with E-state index in [4.69, 9.17) is 9.47 Å². The summed E-state index contributed by atoms with van der Waals surface area (Å²) >= 11 is 0. The molecule has 1 amide bonds. The van der Waals surface area contributed by atoms with Crippen molar-refractivity contribution in [3.8, 4) is 5.75 Å². The van der Waals surface area contributed by atoms with Crippen LogP contribution in [0.15, 0.2) is 36.9 Å². The summed E-state index contributed by atoms with van der Waals surface area (Å²) in [5.41, 5.74) is 0.307. The van der Waals surface area contributed by atoms with Gasteiger partial charge in [0.25, 0.3) is 5.91 Å². The first-order valence-corrected chi connectivity index (χ1v) is 6.35. The van der Waals surface area contributed by atoms with E-state index in [0.717, 1.165) is 0 Å². The zero-order valence-corrected chi connectivity index (χ0v) is 11.7. The number of hydrogen-bond donors (Lipinski definition) is 1. The number of benzene rings is 1.